The van der Waals surface area contributed by atoms with Crippen LogP contribution in [0.1, 0.15) is 25.0 Å². The van der Waals surface area contributed by atoms with Gasteiger partial charge < -0.3 is 9.64 Å². The standard InChI is InChI=1S/C51H39NOSi2/c1-51(2)39-18-6-8-20-41(39)52(42-21-9-7-19-40(42)51)37-31-28-35(29-32-37)36-30-33-46-50(34-36)55(47-25-13-10-22-43(47)53-44-23-11-14-26-48(44)55)49-27-15-12-24-45(49)54(46)38-16-4-3-5-17-38/h3-34,54H,1-2H3. The van der Waals surface area contributed by atoms with Gasteiger partial charge in [0.15, 0.2) is 8.07 Å². The van der Waals surface area contributed by atoms with Gasteiger partial charge in [0.05, 0.1) is 11.4 Å². The molecule has 2 nitrogen and oxygen atoms in total. The van der Waals surface area contributed by atoms with Crippen LogP contribution in [0.15, 0.2) is 194 Å². The van der Waals surface area contributed by atoms with Crippen LogP contribution < -0.4 is 45.9 Å². The fraction of sp³-hybridized carbons (Fsp3) is 0.0588. The molecule has 3 heterocycles. The van der Waals surface area contributed by atoms with Crippen molar-refractivity contribution < 1.29 is 4.74 Å². The molecule has 11 rings (SSSR count). The first kappa shape index (κ1) is 32.2. The molecule has 0 amide bonds. The van der Waals surface area contributed by atoms with Crippen molar-refractivity contribution in [3.05, 3.63) is 205 Å². The largest absolute Gasteiger partial charge is 0.458 e. The summed E-state index contributed by atoms with van der Waals surface area (Å²) in [5.41, 5.74) is 8.73. The Morgan fingerprint density at radius 3 is 1.62 bits per heavy atom. The average Bonchev–Trinajstić information content (AvgIpc) is 3.24. The molecular weight excluding hydrogens is 699 g/mol. The number of fused-ring (bicyclic) bond motifs is 10. The molecular formula is C51H39NOSi2. The van der Waals surface area contributed by atoms with E-state index in [2.05, 4.69) is 213 Å². The molecule has 3 aliphatic rings. The number of para-hydroxylation sites is 4. The van der Waals surface area contributed by atoms with Crippen LogP contribution in [0.4, 0.5) is 17.1 Å². The van der Waals surface area contributed by atoms with Gasteiger partial charge in [0.25, 0.3) is 0 Å². The van der Waals surface area contributed by atoms with Crippen molar-refractivity contribution in [2.45, 2.75) is 19.3 Å². The van der Waals surface area contributed by atoms with Crippen molar-refractivity contribution in [1.29, 1.82) is 0 Å². The first-order valence-electron chi connectivity index (χ1n) is 19.3. The van der Waals surface area contributed by atoms with Crippen LogP contribution in [-0.2, 0) is 5.41 Å². The molecule has 1 spiro atoms. The zero-order valence-corrected chi connectivity index (χ0v) is 33.1. The normalized spacial score (nSPS) is 16.4. The van der Waals surface area contributed by atoms with Crippen LogP contribution in [0.3, 0.4) is 0 Å². The van der Waals surface area contributed by atoms with Crippen LogP contribution in [0.25, 0.3) is 11.1 Å². The van der Waals surface area contributed by atoms with Gasteiger partial charge in [0.1, 0.15) is 20.3 Å². The fourth-order valence-corrected chi connectivity index (χ4v) is 20.5. The highest BCUT2D eigenvalue weighted by Crippen LogP contribution is 2.51. The molecule has 8 aromatic carbocycles. The molecule has 1 unspecified atom stereocenters. The number of hydrogen-bond acceptors (Lipinski definition) is 2. The summed E-state index contributed by atoms with van der Waals surface area (Å²) in [7, 11) is -4.66. The second kappa shape index (κ2) is 12.2. The second-order valence-corrected chi connectivity index (χ2v) is 22.1. The Morgan fingerprint density at radius 2 is 0.964 bits per heavy atom. The molecule has 8 aromatic rings. The lowest BCUT2D eigenvalue weighted by atomic mass is 9.73. The Labute approximate surface area is 325 Å². The third-order valence-electron chi connectivity index (χ3n) is 12.5. The molecule has 0 radical (unpaired) electrons. The highest BCUT2D eigenvalue weighted by molar-refractivity contribution is 7.27. The average molecular weight is 738 g/mol. The van der Waals surface area contributed by atoms with Gasteiger partial charge in [-0.25, -0.2) is 0 Å². The summed E-state index contributed by atoms with van der Waals surface area (Å²) < 4.78 is 6.74. The van der Waals surface area contributed by atoms with Gasteiger partial charge in [-0.1, -0.05) is 187 Å². The van der Waals surface area contributed by atoms with Gasteiger partial charge in [-0.2, -0.15) is 0 Å². The third-order valence-corrected chi connectivity index (χ3v) is 21.3. The lowest BCUT2D eigenvalue weighted by Crippen LogP contribution is -2.87. The third kappa shape index (κ3) is 4.59. The van der Waals surface area contributed by atoms with E-state index in [0.717, 1.165) is 11.5 Å². The predicted octanol–water partition coefficient (Wildman–Crippen LogP) is 7.51. The van der Waals surface area contributed by atoms with E-state index in [4.69, 9.17) is 4.74 Å². The van der Waals surface area contributed by atoms with Gasteiger partial charge in [0.2, 0.25) is 0 Å². The quantitative estimate of drug-likeness (QED) is 0.174. The molecule has 1 atom stereocenters. The molecule has 4 heteroatoms. The first-order chi connectivity index (χ1) is 27.0. The molecule has 0 saturated carbocycles. The van der Waals surface area contributed by atoms with E-state index in [9.17, 15) is 0 Å². The highest BCUT2D eigenvalue weighted by atomic mass is 28.3. The molecule has 0 fully saturated rings. The number of rotatable bonds is 3. The maximum Gasteiger partial charge on any atom is 0.188 e. The van der Waals surface area contributed by atoms with Gasteiger partial charge in [-0.3, -0.25) is 0 Å². The number of benzene rings is 8. The van der Waals surface area contributed by atoms with Crippen LogP contribution >= 0.6 is 0 Å². The maximum absolute atomic E-state index is 6.74. The minimum atomic E-state index is -2.82. The van der Waals surface area contributed by atoms with Crippen molar-refractivity contribution in [1.82, 2.24) is 0 Å². The number of hydrogen-bond donors (Lipinski definition) is 0. The predicted molar refractivity (Wildman–Crippen MR) is 235 cm³/mol. The van der Waals surface area contributed by atoms with Crippen LogP contribution in [0.2, 0.25) is 0 Å². The van der Waals surface area contributed by atoms with E-state index in [1.54, 1.807) is 0 Å². The first-order valence-corrected chi connectivity index (χ1v) is 23.0. The number of ether oxygens (including phenoxy) is 1. The summed E-state index contributed by atoms with van der Waals surface area (Å²) in [5, 5.41) is 10.2. The number of nitrogens with zero attached hydrogens (tertiary/aromatic N) is 1. The van der Waals surface area contributed by atoms with E-state index < -0.39 is 16.9 Å². The highest BCUT2D eigenvalue weighted by Gasteiger charge is 2.53. The minimum Gasteiger partial charge on any atom is -0.458 e. The summed E-state index contributed by atoms with van der Waals surface area (Å²) in [4.78, 5) is 2.44. The van der Waals surface area contributed by atoms with E-state index in [1.807, 2.05) is 0 Å². The Bertz CT molecular complexity index is 2700. The zero-order valence-electron chi connectivity index (χ0n) is 30.9. The van der Waals surface area contributed by atoms with E-state index in [1.165, 1.54) is 75.6 Å². The Morgan fingerprint density at radius 1 is 0.455 bits per heavy atom. The summed E-state index contributed by atoms with van der Waals surface area (Å²) >= 11 is 0. The fourth-order valence-electron chi connectivity index (χ4n) is 10.0. The lowest BCUT2D eigenvalue weighted by molar-refractivity contribution is 0.487. The van der Waals surface area contributed by atoms with Crippen molar-refractivity contribution in [3.63, 3.8) is 0 Å². The molecule has 0 bridgehead atoms. The topological polar surface area (TPSA) is 12.5 Å². The minimum absolute atomic E-state index is 0.0897. The molecule has 0 aromatic heterocycles. The molecule has 0 aliphatic carbocycles. The smallest absolute Gasteiger partial charge is 0.188 e. The molecule has 0 saturated heterocycles. The van der Waals surface area contributed by atoms with Crippen LogP contribution in [0, 0.1) is 0 Å². The van der Waals surface area contributed by atoms with Crippen LogP contribution in [0.5, 0.6) is 11.5 Å². The van der Waals surface area contributed by atoms with Gasteiger partial charge in [-0.15, -0.1) is 0 Å². The summed E-state index contributed by atoms with van der Waals surface area (Å²) in [5.74, 6) is 1.96. The Kier molecular flexibility index (Phi) is 7.13. The van der Waals surface area contributed by atoms with Gasteiger partial charge in [-0.05, 0) is 79.4 Å². The molecule has 3 aliphatic heterocycles. The maximum atomic E-state index is 6.74. The molecule has 262 valence electrons. The van der Waals surface area contributed by atoms with Gasteiger partial charge in [0, 0.05) is 11.1 Å². The van der Waals surface area contributed by atoms with E-state index >= 15 is 0 Å². The van der Waals surface area contributed by atoms with E-state index in [-0.39, 0.29) is 5.41 Å². The van der Waals surface area contributed by atoms with Crippen molar-refractivity contribution in [2.24, 2.45) is 0 Å². The van der Waals surface area contributed by atoms with E-state index in [0.29, 0.717) is 0 Å². The van der Waals surface area contributed by atoms with Crippen molar-refractivity contribution >= 4 is 70.2 Å². The SMILES string of the molecule is CC1(C)c2ccccc2N(c2ccc(-c3ccc4c(c3)[Si]3(c5ccccc5Oc5ccccc53)c3ccccc3[SiH]4c3ccccc3)cc2)c2ccccc21. The van der Waals surface area contributed by atoms with Gasteiger partial charge >= 0.3 is 0 Å². The summed E-state index contributed by atoms with van der Waals surface area (Å²) in [6, 6.07) is 72.8. The molecule has 55 heavy (non-hydrogen) atoms. The summed E-state index contributed by atoms with van der Waals surface area (Å²) in [6.07, 6.45) is 0. The Balaban J connectivity index is 1.13. The summed E-state index contributed by atoms with van der Waals surface area (Å²) in [6.45, 7) is 4.69. The molecule has 0 N–H and O–H groups in total. The monoisotopic (exact) mass is 737 g/mol. The van der Waals surface area contributed by atoms with Crippen LogP contribution in [-0.4, -0.2) is 16.9 Å². The number of anilines is 3. The zero-order chi connectivity index (χ0) is 36.7. The second-order valence-electron chi connectivity index (χ2n) is 15.6. The lowest BCUT2D eigenvalue weighted by Gasteiger charge is -2.46. The Hall–Kier alpha value is -6.21. The van der Waals surface area contributed by atoms with Crippen molar-refractivity contribution in [2.75, 3.05) is 4.90 Å². The van der Waals surface area contributed by atoms with Crippen molar-refractivity contribution in [3.8, 4) is 22.6 Å².